The van der Waals surface area contributed by atoms with Gasteiger partial charge in [0.25, 0.3) is 0 Å². The highest BCUT2D eigenvalue weighted by Crippen LogP contribution is 2.28. The Hall–Kier alpha value is -1.88. The molecule has 0 spiro atoms. The van der Waals surface area contributed by atoms with Gasteiger partial charge in [0.1, 0.15) is 0 Å². The summed E-state index contributed by atoms with van der Waals surface area (Å²) in [7, 11) is 0. The van der Waals surface area contributed by atoms with Crippen LogP contribution in [0, 0.1) is 11.8 Å². The zero-order valence-corrected chi connectivity index (χ0v) is 11.2. The molecule has 2 aromatic rings. The summed E-state index contributed by atoms with van der Waals surface area (Å²) in [6.07, 6.45) is -0.597. The first-order chi connectivity index (χ1) is 8.90. The largest absolute Gasteiger partial charge is 0.388 e. The maximum Gasteiger partial charge on any atom is 0.314 e. The lowest BCUT2D eigenvalue weighted by molar-refractivity contribution is 0.0922. The molecule has 0 amide bonds. The first-order valence-corrected chi connectivity index (χ1v) is 6.34. The Morgan fingerprint density at radius 3 is 2.16 bits per heavy atom. The molecule has 2 rings (SSSR count). The molecule has 1 aromatic heterocycles. The topological polar surface area (TPSA) is 85.9 Å². The first kappa shape index (κ1) is 13.5. The minimum absolute atomic E-state index is 0.104. The second-order valence-corrected chi connectivity index (χ2v) is 5.26. The molecule has 3 N–H and O–H groups in total. The molecule has 19 heavy (non-hydrogen) atoms. The zero-order chi connectivity index (χ0) is 14.2. The number of aliphatic hydroxyl groups is 1. The van der Waals surface area contributed by atoms with Crippen molar-refractivity contribution in [2.45, 2.75) is 26.9 Å². The Bertz CT molecular complexity index is 700. The minimum atomic E-state index is -0.684. The van der Waals surface area contributed by atoms with Gasteiger partial charge in [-0.05, 0) is 29.5 Å². The Kier molecular flexibility index (Phi) is 3.57. The molecule has 5 nitrogen and oxygen atoms in total. The fraction of sp³-hybridized carbons (Fsp3) is 0.429. The number of aliphatic hydroxyl groups excluding tert-OH is 1. The van der Waals surface area contributed by atoms with E-state index >= 15 is 0 Å². The van der Waals surface area contributed by atoms with Crippen molar-refractivity contribution in [3.63, 3.8) is 0 Å². The lowest BCUT2D eigenvalue weighted by Gasteiger charge is -2.22. The van der Waals surface area contributed by atoms with Crippen molar-refractivity contribution < 1.29 is 5.11 Å². The number of hydrogen-bond acceptors (Lipinski definition) is 3. The van der Waals surface area contributed by atoms with E-state index in [2.05, 4.69) is 9.97 Å². The Morgan fingerprint density at radius 2 is 1.58 bits per heavy atom. The molecule has 1 aromatic carbocycles. The molecule has 0 radical (unpaired) electrons. The van der Waals surface area contributed by atoms with Gasteiger partial charge in [0.05, 0.1) is 17.1 Å². The molecular formula is C14H18N2O3. The quantitative estimate of drug-likeness (QED) is 0.733. The summed E-state index contributed by atoms with van der Waals surface area (Å²) in [5.41, 5.74) is 0.457. The van der Waals surface area contributed by atoms with Gasteiger partial charge in [-0.15, -0.1) is 0 Å². The van der Waals surface area contributed by atoms with Crippen LogP contribution in [0.25, 0.3) is 11.0 Å². The third-order valence-electron chi connectivity index (χ3n) is 3.64. The summed E-state index contributed by atoms with van der Waals surface area (Å²) in [5.74, 6) is 0.451. The van der Waals surface area contributed by atoms with E-state index in [1.54, 1.807) is 18.2 Å². The van der Waals surface area contributed by atoms with Crippen LogP contribution in [0.15, 0.2) is 27.8 Å². The standard InChI is InChI=1S/C14H18N2O3/c1-7(2)8(3)12(17)9-4-5-10-11(6-9)16-14(19)13(18)15-10/h4-8,12,17H,1-3H3,(H,15,18)(H,16,19). The first-order valence-electron chi connectivity index (χ1n) is 6.34. The van der Waals surface area contributed by atoms with Gasteiger partial charge in [0.2, 0.25) is 0 Å². The zero-order valence-electron chi connectivity index (χ0n) is 11.2. The number of fused-ring (bicyclic) bond motifs is 1. The summed E-state index contributed by atoms with van der Waals surface area (Å²) >= 11 is 0. The SMILES string of the molecule is CC(C)C(C)C(O)c1ccc2[nH]c(=O)c(=O)[nH]c2c1. The van der Waals surface area contributed by atoms with Gasteiger partial charge in [-0.2, -0.15) is 0 Å². The van der Waals surface area contributed by atoms with Crippen molar-refractivity contribution in [1.29, 1.82) is 0 Å². The van der Waals surface area contributed by atoms with Gasteiger partial charge in [-0.3, -0.25) is 9.59 Å². The molecule has 0 saturated carbocycles. The van der Waals surface area contributed by atoms with Crippen molar-refractivity contribution in [3.05, 3.63) is 44.5 Å². The van der Waals surface area contributed by atoms with Crippen LogP contribution in [-0.4, -0.2) is 15.1 Å². The number of aromatic nitrogens is 2. The molecule has 0 saturated heterocycles. The number of nitrogens with one attached hydrogen (secondary N) is 2. The normalized spacial score (nSPS) is 14.8. The van der Waals surface area contributed by atoms with E-state index in [1.807, 2.05) is 20.8 Å². The molecule has 0 bridgehead atoms. The Balaban J connectivity index is 2.50. The van der Waals surface area contributed by atoms with Crippen LogP contribution >= 0.6 is 0 Å². The number of aromatic amines is 2. The molecular weight excluding hydrogens is 244 g/mol. The predicted octanol–water partition coefficient (Wildman–Crippen LogP) is 1.54. The van der Waals surface area contributed by atoms with E-state index < -0.39 is 17.2 Å². The lowest BCUT2D eigenvalue weighted by atomic mass is 9.88. The fourth-order valence-electron chi connectivity index (χ4n) is 1.98. The van der Waals surface area contributed by atoms with Crippen LogP contribution in [0.1, 0.15) is 32.4 Å². The lowest BCUT2D eigenvalue weighted by Crippen LogP contribution is -2.29. The van der Waals surface area contributed by atoms with E-state index in [0.29, 0.717) is 17.0 Å². The maximum atomic E-state index is 11.3. The average Bonchev–Trinajstić information content (AvgIpc) is 2.37. The number of hydrogen-bond donors (Lipinski definition) is 3. The summed E-state index contributed by atoms with van der Waals surface area (Å²) < 4.78 is 0. The summed E-state index contributed by atoms with van der Waals surface area (Å²) in [6.45, 7) is 6.08. The van der Waals surface area contributed by atoms with E-state index in [9.17, 15) is 14.7 Å². The highest BCUT2D eigenvalue weighted by molar-refractivity contribution is 5.74. The van der Waals surface area contributed by atoms with E-state index in [0.717, 1.165) is 5.56 Å². The molecule has 0 aliphatic carbocycles. The molecule has 0 aliphatic rings. The van der Waals surface area contributed by atoms with Crippen LogP contribution in [0.2, 0.25) is 0 Å². The minimum Gasteiger partial charge on any atom is -0.388 e. The van der Waals surface area contributed by atoms with E-state index in [-0.39, 0.29) is 5.92 Å². The molecule has 2 unspecified atom stereocenters. The molecule has 1 heterocycles. The monoisotopic (exact) mass is 262 g/mol. The van der Waals surface area contributed by atoms with Crippen molar-refractivity contribution in [1.82, 2.24) is 9.97 Å². The highest BCUT2D eigenvalue weighted by atomic mass is 16.3. The van der Waals surface area contributed by atoms with Crippen molar-refractivity contribution in [3.8, 4) is 0 Å². The molecule has 5 heteroatoms. The second-order valence-electron chi connectivity index (χ2n) is 5.26. The summed E-state index contributed by atoms with van der Waals surface area (Å²) in [5, 5.41) is 10.3. The second kappa shape index (κ2) is 5.01. The average molecular weight is 262 g/mol. The van der Waals surface area contributed by atoms with Gasteiger partial charge in [-0.25, -0.2) is 0 Å². The number of H-pyrrole nitrogens is 2. The van der Waals surface area contributed by atoms with Crippen molar-refractivity contribution >= 4 is 11.0 Å². The van der Waals surface area contributed by atoms with Gasteiger partial charge in [0.15, 0.2) is 0 Å². The molecule has 102 valence electrons. The van der Waals surface area contributed by atoms with Gasteiger partial charge in [0, 0.05) is 0 Å². The third-order valence-corrected chi connectivity index (χ3v) is 3.64. The highest BCUT2D eigenvalue weighted by Gasteiger charge is 2.19. The van der Waals surface area contributed by atoms with Crippen molar-refractivity contribution in [2.24, 2.45) is 11.8 Å². The molecule has 2 atom stereocenters. The van der Waals surface area contributed by atoms with E-state index in [1.165, 1.54) is 0 Å². The number of rotatable bonds is 3. The predicted molar refractivity (Wildman–Crippen MR) is 74.2 cm³/mol. The van der Waals surface area contributed by atoms with E-state index in [4.69, 9.17) is 0 Å². The van der Waals surface area contributed by atoms with Crippen LogP contribution in [-0.2, 0) is 0 Å². The van der Waals surface area contributed by atoms with Crippen LogP contribution in [0.4, 0.5) is 0 Å². The maximum absolute atomic E-state index is 11.3. The number of benzene rings is 1. The van der Waals surface area contributed by atoms with Gasteiger partial charge in [-0.1, -0.05) is 26.8 Å². The molecule has 0 aliphatic heterocycles. The van der Waals surface area contributed by atoms with Crippen molar-refractivity contribution in [2.75, 3.05) is 0 Å². The smallest absolute Gasteiger partial charge is 0.314 e. The fourth-order valence-corrected chi connectivity index (χ4v) is 1.98. The third kappa shape index (κ3) is 2.61. The Labute approximate surface area is 110 Å². The van der Waals surface area contributed by atoms with Crippen LogP contribution < -0.4 is 11.1 Å². The molecule has 0 fully saturated rings. The Morgan fingerprint density at radius 1 is 1.00 bits per heavy atom. The van der Waals surface area contributed by atoms with Gasteiger partial charge >= 0.3 is 11.1 Å². The summed E-state index contributed by atoms with van der Waals surface area (Å²) in [4.78, 5) is 27.5. The van der Waals surface area contributed by atoms with Crippen LogP contribution in [0.5, 0.6) is 0 Å². The summed E-state index contributed by atoms with van der Waals surface area (Å²) in [6, 6.07) is 5.16. The van der Waals surface area contributed by atoms with Gasteiger partial charge < -0.3 is 15.1 Å². The van der Waals surface area contributed by atoms with Crippen LogP contribution in [0.3, 0.4) is 0 Å².